The zero-order valence-electron chi connectivity index (χ0n) is 18.4. The molecular formula is C26H24N2O5. The molecule has 1 N–H and O–H groups in total. The summed E-state index contributed by atoms with van der Waals surface area (Å²) >= 11 is 0. The van der Waals surface area contributed by atoms with E-state index >= 15 is 0 Å². The first-order valence-electron chi connectivity index (χ1n) is 10.4. The monoisotopic (exact) mass is 444 g/mol. The van der Waals surface area contributed by atoms with Gasteiger partial charge in [-0.1, -0.05) is 36.4 Å². The first-order chi connectivity index (χ1) is 15.9. The lowest BCUT2D eigenvalue weighted by molar-refractivity contribution is -0.191. The standard InChI is InChI=1S/C25H24N2O3.CO2/c1-17-10-11-18(2)27(17)23-15-20(12-13-22(23)25(29)30)24(28)26-14-6-9-21(16-26)19-7-4-3-5-8-19;2-1-3/h3-5,7-13,15H,6,14,16H2,1-2H3,(H,29,30);. The molecule has 4 rings (SSSR count). The van der Waals surface area contributed by atoms with Gasteiger partial charge in [0.05, 0.1) is 11.3 Å². The summed E-state index contributed by atoms with van der Waals surface area (Å²) in [7, 11) is 0. The molecule has 7 nitrogen and oxygen atoms in total. The van der Waals surface area contributed by atoms with Crippen LogP contribution in [0.4, 0.5) is 0 Å². The van der Waals surface area contributed by atoms with Crippen LogP contribution in [0.3, 0.4) is 0 Å². The maximum absolute atomic E-state index is 13.3. The van der Waals surface area contributed by atoms with Gasteiger partial charge in [-0.15, -0.1) is 0 Å². The highest BCUT2D eigenvalue weighted by atomic mass is 16.4. The summed E-state index contributed by atoms with van der Waals surface area (Å²) in [5, 5.41) is 9.67. The van der Waals surface area contributed by atoms with Crippen LogP contribution in [0.2, 0.25) is 0 Å². The number of carbonyl (C=O) groups is 2. The molecule has 1 aliphatic rings. The maximum atomic E-state index is 13.3. The van der Waals surface area contributed by atoms with Crippen LogP contribution in [-0.4, -0.2) is 45.7 Å². The molecule has 0 radical (unpaired) electrons. The number of aryl methyl sites for hydroxylation is 2. The minimum atomic E-state index is -1.01. The van der Waals surface area contributed by atoms with E-state index in [-0.39, 0.29) is 17.6 Å². The van der Waals surface area contributed by atoms with Crippen molar-refractivity contribution in [2.75, 3.05) is 13.1 Å². The summed E-state index contributed by atoms with van der Waals surface area (Å²) in [6, 6.07) is 18.8. The number of benzene rings is 2. The van der Waals surface area contributed by atoms with Gasteiger partial charge in [0.25, 0.3) is 5.91 Å². The SMILES string of the molecule is Cc1ccc(C)n1-c1cc(C(=O)N2CCC=C(c3ccccc3)C2)ccc1C(=O)O.O=C=O. The van der Waals surface area contributed by atoms with Gasteiger partial charge in [-0.2, -0.15) is 9.59 Å². The van der Waals surface area contributed by atoms with E-state index in [9.17, 15) is 14.7 Å². The van der Waals surface area contributed by atoms with Gasteiger partial charge < -0.3 is 14.6 Å². The van der Waals surface area contributed by atoms with E-state index in [0.29, 0.717) is 24.3 Å². The molecule has 3 aromatic rings. The quantitative estimate of drug-likeness (QED) is 0.652. The van der Waals surface area contributed by atoms with Crippen molar-refractivity contribution in [1.82, 2.24) is 9.47 Å². The fourth-order valence-electron chi connectivity index (χ4n) is 4.04. The first kappa shape index (κ1) is 23.4. The molecule has 2 heterocycles. The molecular weight excluding hydrogens is 420 g/mol. The summed E-state index contributed by atoms with van der Waals surface area (Å²) in [6.07, 6.45) is 3.23. The fourth-order valence-corrected chi connectivity index (χ4v) is 4.04. The van der Waals surface area contributed by atoms with Gasteiger partial charge in [-0.05, 0) is 61.7 Å². The highest BCUT2D eigenvalue weighted by Crippen LogP contribution is 2.25. The lowest BCUT2D eigenvalue weighted by Gasteiger charge is -2.28. The smallest absolute Gasteiger partial charge is 0.373 e. The number of nitrogens with zero attached hydrogens (tertiary/aromatic N) is 2. The zero-order valence-corrected chi connectivity index (χ0v) is 18.4. The van der Waals surface area contributed by atoms with Crippen molar-refractivity contribution >= 4 is 23.6 Å². The molecule has 33 heavy (non-hydrogen) atoms. The second kappa shape index (κ2) is 10.4. The van der Waals surface area contributed by atoms with Crippen molar-refractivity contribution in [3.05, 3.63) is 94.8 Å². The molecule has 168 valence electrons. The summed E-state index contributed by atoms with van der Waals surface area (Å²) in [5.74, 6) is -1.10. The van der Waals surface area contributed by atoms with Gasteiger partial charge in [0, 0.05) is 30.0 Å². The molecule has 2 aromatic carbocycles. The van der Waals surface area contributed by atoms with E-state index < -0.39 is 5.97 Å². The van der Waals surface area contributed by atoms with Crippen LogP contribution in [0.25, 0.3) is 11.3 Å². The van der Waals surface area contributed by atoms with Gasteiger partial charge >= 0.3 is 12.1 Å². The van der Waals surface area contributed by atoms with Gasteiger partial charge in [0.2, 0.25) is 0 Å². The van der Waals surface area contributed by atoms with Gasteiger partial charge in [-0.25, -0.2) is 4.79 Å². The van der Waals surface area contributed by atoms with Gasteiger partial charge in [-0.3, -0.25) is 4.79 Å². The first-order valence-corrected chi connectivity index (χ1v) is 10.4. The van der Waals surface area contributed by atoms with Crippen LogP contribution in [0.1, 0.15) is 44.1 Å². The van der Waals surface area contributed by atoms with Crippen LogP contribution in [0.5, 0.6) is 0 Å². The minimum Gasteiger partial charge on any atom is -0.478 e. The predicted molar refractivity (Wildman–Crippen MR) is 122 cm³/mol. The molecule has 0 bridgehead atoms. The summed E-state index contributed by atoms with van der Waals surface area (Å²) in [6.45, 7) is 5.04. The normalized spacial score (nSPS) is 12.8. The average molecular weight is 444 g/mol. The van der Waals surface area contributed by atoms with Crippen molar-refractivity contribution in [2.24, 2.45) is 0 Å². The number of aromatic carboxylic acids is 1. The van der Waals surface area contributed by atoms with Crippen molar-refractivity contribution in [3.8, 4) is 5.69 Å². The summed E-state index contributed by atoms with van der Waals surface area (Å²) in [4.78, 5) is 43.2. The van der Waals surface area contributed by atoms with E-state index in [2.05, 4.69) is 18.2 Å². The third-order valence-electron chi connectivity index (χ3n) is 5.57. The van der Waals surface area contributed by atoms with Crippen molar-refractivity contribution < 1.29 is 24.3 Å². The van der Waals surface area contributed by atoms with Gasteiger partial charge in [0.1, 0.15) is 0 Å². The molecule has 0 fully saturated rings. The third-order valence-corrected chi connectivity index (χ3v) is 5.57. The molecule has 1 aliphatic heterocycles. The molecule has 0 unspecified atom stereocenters. The molecule has 0 saturated heterocycles. The minimum absolute atomic E-state index is 0.0859. The Morgan fingerprint density at radius 2 is 1.58 bits per heavy atom. The zero-order chi connectivity index (χ0) is 24.0. The van der Waals surface area contributed by atoms with Crippen LogP contribution in [-0.2, 0) is 9.59 Å². The Morgan fingerprint density at radius 3 is 2.18 bits per heavy atom. The van der Waals surface area contributed by atoms with E-state index in [4.69, 9.17) is 9.59 Å². The second-order valence-corrected chi connectivity index (χ2v) is 7.68. The van der Waals surface area contributed by atoms with Crippen molar-refractivity contribution in [1.29, 1.82) is 0 Å². The number of carboxylic acids is 1. The number of aromatic nitrogens is 1. The summed E-state index contributed by atoms with van der Waals surface area (Å²) < 4.78 is 1.88. The highest BCUT2D eigenvalue weighted by Gasteiger charge is 2.23. The Kier molecular flexibility index (Phi) is 7.38. The van der Waals surface area contributed by atoms with E-state index in [0.717, 1.165) is 28.9 Å². The number of carboxylic acid groups (broad SMARTS) is 1. The van der Waals surface area contributed by atoms with E-state index in [1.807, 2.05) is 53.6 Å². The molecule has 0 spiro atoms. The number of carbonyl (C=O) groups excluding carboxylic acids is 3. The predicted octanol–water partition coefficient (Wildman–Crippen LogP) is 4.14. The molecule has 0 saturated carbocycles. The van der Waals surface area contributed by atoms with Crippen molar-refractivity contribution in [2.45, 2.75) is 20.3 Å². The number of hydrogen-bond donors (Lipinski definition) is 1. The number of amides is 1. The van der Waals surface area contributed by atoms with Crippen LogP contribution in [0, 0.1) is 13.8 Å². The van der Waals surface area contributed by atoms with E-state index in [1.165, 1.54) is 6.07 Å². The number of hydrogen-bond acceptors (Lipinski definition) is 4. The Hall–Kier alpha value is -4.22. The Labute approximate surface area is 191 Å². The van der Waals surface area contributed by atoms with Crippen LogP contribution < -0.4 is 0 Å². The Bertz CT molecular complexity index is 1220. The van der Waals surface area contributed by atoms with Crippen LogP contribution in [0.15, 0.2) is 66.7 Å². The highest BCUT2D eigenvalue weighted by molar-refractivity contribution is 5.99. The van der Waals surface area contributed by atoms with Crippen LogP contribution >= 0.6 is 0 Å². The lowest BCUT2D eigenvalue weighted by Crippen LogP contribution is -2.35. The Morgan fingerprint density at radius 1 is 0.939 bits per heavy atom. The fraction of sp³-hybridized carbons (Fsp3) is 0.192. The topological polar surface area (TPSA) is 96.7 Å². The third kappa shape index (κ3) is 5.17. The van der Waals surface area contributed by atoms with E-state index in [1.54, 1.807) is 12.1 Å². The van der Waals surface area contributed by atoms with Crippen molar-refractivity contribution in [3.63, 3.8) is 0 Å². The maximum Gasteiger partial charge on any atom is 0.373 e. The largest absolute Gasteiger partial charge is 0.478 e. The molecule has 0 atom stereocenters. The lowest BCUT2D eigenvalue weighted by atomic mass is 10.00. The Balaban J connectivity index is 0.000000968. The molecule has 1 aromatic heterocycles. The molecule has 7 heteroatoms. The molecule has 0 aliphatic carbocycles. The van der Waals surface area contributed by atoms with Gasteiger partial charge in [0.15, 0.2) is 0 Å². The second-order valence-electron chi connectivity index (χ2n) is 7.68. The summed E-state index contributed by atoms with van der Waals surface area (Å²) in [5.41, 5.74) is 5.29. The average Bonchev–Trinajstić information content (AvgIpc) is 3.17. The number of rotatable bonds is 4. The molecule has 1 amide bonds.